The third-order valence-corrected chi connectivity index (χ3v) is 4.43. The molecule has 0 bridgehead atoms. The normalized spacial score (nSPS) is 11.7. The lowest BCUT2D eigenvalue weighted by molar-refractivity contribution is -0.121. The van der Waals surface area contributed by atoms with Gasteiger partial charge in [-0.05, 0) is 17.2 Å². The summed E-state index contributed by atoms with van der Waals surface area (Å²) in [5, 5.41) is 16.6. The summed E-state index contributed by atoms with van der Waals surface area (Å²) in [6, 6.07) is 26.7. The monoisotopic (exact) mass is 360 g/mol. The van der Waals surface area contributed by atoms with E-state index in [1.54, 1.807) is 12.1 Å². The Hall–Kier alpha value is -3.11. The number of benzene rings is 3. The fourth-order valence-electron chi connectivity index (χ4n) is 2.97. The van der Waals surface area contributed by atoms with Gasteiger partial charge in [0.2, 0.25) is 5.91 Å². The third kappa shape index (κ3) is 5.69. The molecule has 27 heavy (non-hydrogen) atoms. The molecule has 0 spiro atoms. The Labute approximate surface area is 159 Å². The molecule has 0 heterocycles. The molecule has 0 aromatic heterocycles. The van der Waals surface area contributed by atoms with E-state index in [0.29, 0.717) is 13.1 Å². The predicted octanol–water partition coefficient (Wildman–Crippen LogP) is 3.93. The number of para-hydroxylation sites is 1. The van der Waals surface area contributed by atoms with E-state index >= 15 is 0 Å². The van der Waals surface area contributed by atoms with Gasteiger partial charge in [-0.3, -0.25) is 4.79 Å². The molecule has 1 atom stereocenters. The highest BCUT2D eigenvalue weighted by Gasteiger charge is 2.18. The maximum absolute atomic E-state index is 12.5. The molecule has 0 aliphatic heterocycles. The Balaban J connectivity index is 1.65. The van der Waals surface area contributed by atoms with Crippen LogP contribution in [0, 0.1) is 0 Å². The molecule has 0 aliphatic rings. The number of nitrogens with one attached hydrogen (secondary N) is 2. The zero-order valence-corrected chi connectivity index (χ0v) is 15.1. The second-order valence-electron chi connectivity index (χ2n) is 6.44. The Morgan fingerprint density at radius 1 is 0.778 bits per heavy atom. The van der Waals surface area contributed by atoms with Crippen molar-refractivity contribution in [2.45, 2.75) is 25.6 Å². The lowest BCUT2D eigenvalue weighted by Gasteiger charge is -2.20. The van der Waals surface area contributed by atoms with Crippen LogP contribution in [-0.2, 0) is 17.9 Å². The topological polar surface area (TPSA) is 61.4 Å². The molecule has 0 unspecified atom stereocenters. The number of rotatable bonds is 8. The van der Waals surface area contributed by atoms with Crippen LogP contribution in [-0.4, -0.2) is 11.0 Å². The van der Waals surface area contributed by atoms with Gasteiger partial charge in [0.05, 0.1) is 0 Å². The summed E-state index contributed by atoms with van der Waals surface area (Å²) in [4.78, 5) is 12.5. The molecule has 3 rings (SSSR count). The lowest BCUT2D eigenvalue weighted by atomic mass is 10.0. The third-order valence-electron chi connectivity index (χ3n) is 4.43. The van der Waals surface area contributed by atoms with Crippen molar-refractivity contribution >= 4 is 5.91 Å². The minimum Gasteiger partial charge on any atom is -0.508 e. The maximum Gasteiger partial charge on any atom is 0.222 e. The van der Waals surface area contributed by atoms with Gasteiger partial charge >= 0.3 is 0 Å². The zero-order chi connectivity index (χ0) is 18.9. The Bertz CT molecular complexity index is 851. The van der Waals surface area contributed by atoms with Crippen LogP contribution < -0.4 is 10.6 Å². The van der Waals surface area contributed by atoms with Gasteiger partial charge in [-0.25, -0.2) is 0 Å². The van der Waals surface area contributed by atoms with Crippen LogP contribution in [0.5, 0.6) is 5.75 Å². The van der Waals surface area contributed by atoms with Crippen molar-refractivity contribution in [3.05, 3.63) is 102 Å². The zero-order valence-electron chi connectivity index (χ0n) is 15.1. The number of hydrogen-bond acceptors (Lipinski definition) is 3. The van der Waals surface area contributed by atoms with E-state index in [2.05, 4.69) is 10.6 Å². The first-order valence-electron chi connectivity index (χ1n) is 9.08. The Morgan fingerprint density at radius 2 is 1.33 bits per heavy atom. The van der Waals surface area contributed by atoms with Gasteiger partial charge in [0, 0.05) is 31.1 Å². The number of phenolic OH excluding ortho intramolecular Hbond substituents is 1. The fraction of sp³-hybridized carbons (Fsp3) is 0.174. The highest BCUT2D eigenvalue weighted by Crippen LogP contribution is 2.26. The average Bonchev–Trinajstić information content (AvgIpc) is 2.72. The van der Waals surface area contributed by atoms with Gasteiger partial charge in [-0.15, -0.1) is 0 Å². The van der Waals surface area contributed by atoms with Crippen LogP contribution >= 0.6 is 0 Å². The minimum atomic E-state index is -0.276. The molecular formula is C23H24N2O2. The van der Waals surface area contributed by atoms with Crippen molar-refractivity contribution < 1.29 is 9.90 Å². The van der Waals surface area contributed by atoms with E-state index in [9.17, 15) is 9.90 Å². The summed E-state index contributed by atoms with van der Waals surface area (Å²) in [7, 11) is 0. The molecule has 0 radical (unpaired) electrons. The second kappa shape index (κ2) is 9.55. The van der Waals surface area contributed by atoms with Crippen molar-refractivity contribution in [1.82, 2.24) is 10.6 Å². The number of phenols is 1. The number of carbonyl (C=O) groups excluding carboxylic acids is 1. The van der Waals surface area contributed by atoms with Gasteiger partial charge in [-0.2, -0.15) is 0 Å². The number of amides is 1. The molecule has 3 N–H and O–H groups in total. The van der Waals surface area contributed by atoms with Crippen LogP contribution in [0.3, 0.4) is 0 Å². The molecule has 1 amide bonds. The summed E-state index contributed by atoms with van der Waals surface area (Å²) in [5.41, 5.74) is 2.91. The second-order valence-corrected chi connectivity index (χ2v) is 6.44. The lowest BCUT2D eigenvalue weighted by Crippen LogP contribution is -2.30. The van der Waals surface area contributed by atoms with Crippen molar-refractivity contribution in [2.75, 3.05) is 0 Å². The molecule has 4 nitrogen and oxygen atoms in total. The smallest absolute Gasteiger partial charge is 0.222 e. The molecule has 3 aromatic rings. The molecule has 0 saturated carbocycles. The summed E-state index contributed by atoms with van der Waals surface area (Å²) in [5.74, 6) is 0.131. The summed E-state index contributed by atoms with van der Waals surface area (Å²) < 4.78 is 0. The van der Waals surface area contributed by atoms with Crippen LogP contribution in [0.25, 0.3) is 0 Å². The van der Waals surface area contributed by atoms with E-state index in [-0.39, 0.29) is 24.1 Å². The first-order valence-corrected chi connectivity index (χ1v) is 9.08. The van der Waals surface area contributed by atoms with E-state index in [4.69, 9.17) is 0 Å². The molecule has 0 aliphatic carbocycles. The summed E-state index contributed by atoms with van der Waals surface area (Å²) >= 11 is 0. The van der Waals surface area contributed by atoms with Gasteiger partial charge in [0.1, 0.15) is 5.75 Å². The Morgan fingerprint density at radius 3 is 1.96 bits per heavy atom. The van der Waals surface area contributed by atoms with Crippen LogP contribution in [0.1, 0.15) is 29.2 Å². The highest BCUT2D eigenvalue weighted by atomic mass is 16.3. The SMILES string of the molecule is O=C(C[C@@H](NCc1ccccc1)c1ccccc1O)NCc1ccccc1. The van der Waals surface area contributed by atoms with Gasteiger partial charge < -0.3 is 15.7 Å². The molecule has 3 aromatic carbocycles. The molecular weight excluding hydrogens is 336 g/mol. The summed E-state index contributed by atoms with van der Waals surface area (Å²) in [6.45, 7) is 1.11. The van der Waals surface area contributed by atoms with E-state index in [0.717, 1.165) is 16.7 Å². The first kappa shape index (κ1) is 18.7. The van der Waals surface area contributed by atoms with Gasteiger partial charge in [0.25, 0.3) is 0 Å². The van der Waals surface area contributed by atoms with Crippen LogP contribution in [0.2, 0.25) is 0 Å². The van der Waals surface area contributed by atoms with E-state index < -0.39 is 0 Å². The predicted molar refractivity (Wildman–Crippen MR) is 107 cm³/mol. The van der Waals surface area contributed by atoms with Crippen molar-refractivity contribution in [2.24, 2.45) is 0 Å². The number of aromatic hydroxyl groups is 1. The number of carbonyl (C=O) groups is 1. The highest BCUT2D eigenvalue weighted by molar-refractivity contribution is 5.77. The molecule has 138 valence electrons. The average molecular weight is 360 g/mol. The molecule has 0 fully saturated rings. The maximum atomic E-state index is 12.5. The van der Waals surface area contributed by atoms with Crippen LogP contribution in [0.4, 0.5) is 0 Å². The van der Waals surface area contributed by atoms with E-state index in [1.807, 2.05) is 72.8 Å². The fourth-order valence-corrected chi connectivity index (χ4v) is 2.97. The Kier molecular flexibility index (Phi) is 6.61. The minimum absolute atomic E-state index is 0.0623. The largest absolute Gasteiger partial charge is 0.508 e. The van der Waals surface area contributed by atoms with Crippen molar-refractivity contribution in [1.29, 1.82) is 0 Å². The molecule has 4 heteroatoms. The van der Waals surface area contributed by atoms with Crippen molar-refractivity contribution in [3.8, 4) is 5.75 Å². The number of hydrogen-bond donors (Lipinski definition) is 3. The van der Waals surface area contributed by atoms with Gasteiger partial charge in [-0.1, -0.05) is 78.9 Å². The quantitative estimate of drug-likeness (QED) is 0.570. The summed E-state index contributed by atoms with van der Waals surface area (Å²) in [6.07, 6.45) is 0.247. The van der Waals surface area contributed by atoms with Crippen molar-refractivity contribution in [3.63, 3.8) is 0 Å². The van der Waals surface area contributed by atoms with Crippen LogP contribution in [0.15, 0.2) is 84.9 Å². The van der Waals surface area contributed by atoms with E-state index in [1.165, 1.54) is 0 Å². The standard InChI is InChI=1S/C23H24N2O2/c26-22-14-8-7-13-20(22)21(24-16-18-9-3-1-4-10-18)15-23(27)25-17-19-11-5-2-6-12-19/h1-14,21,24,26H,15-17H2,(H,25,27)/t21-/m1/s1. The molecule has 0 saturated heterocycles. The van der Waals surface area contributed by atoms with Gasteiger partial charge in [0.15, 0.2) is 0 Å². The first-order chi connectivity index (χ1) is 13.2.